The van der Waals surface area contributed by atoms with Gasteiger partial charge in [-0.05, 0) is 25.0 Å². The molecule has 6 nitrogen and oxygen atoms in total. The van der Waals surface area contributed by atoms with E-state index in [2.05, 4.69) is 10.6 Å². The number of hydrogen-bond acceptors (Lipinski definition) is 3. The summed E-state index contributed by atoms with van der Waals surface area (Å²) in [6, 6.07) is 2.71. The maximum Gasteiger partial charge on any atom is 0.319 e. The second-order valence-corrected chi connectivity index (χ2v) is 4.58. The Bertz CT molecular complexity index is 492. The molecule has 2 amide bonds. The van der Waals surface area contributed by atoms with Crippen molar-refractivity contribution in [3.63, 3.8) is 0 Å². The van der Waals surface area contributed by atoms with Crippen LogP contribution in [0.25, 0.3) is 0 Å². The van der Waals surface area contributed by atoms with Crippen LogP contribution in [0.4, 0.5) is 10.5 Å². The number of nitrogens with zero attached hydrogens (tertiary/aromatic N) is 1. The van der Waals surface area contributed by atoms with E-state index in [1.807, 2.05) is 13.8 Å². The molecule has 0 spiro atoms. The number of hydrogen-bond donors (Lipinski definition) is 3. The van der Waals surface area contributed by atoms with Crippen molar-refractivity contribution in [2.45, 2.75) is 32.3 Å². The fraction of sp³-hybridized carbons (Fsp3) is 0.538. The van der Waals surface area contributed by atoms with Crippen LogP contribution >= 0.6 is 0 Å². The maximum absolute atomic E-state index is 11.7. The van der Waals surface area contributed by atoms with Crippen molar-refractivity contribution in [2.24, 2.45) is 7.05 Å². The van der Waals surface area contributed by atoms with Gasteiger partial charge < -0.3 is 20.3 Å². The van der Waals surface area contributed by atoms with Gasteiger partial charge in [0.2, 0.25) is 0 Å². The number of aryl methyl sites for hydroxylation is 1. The SMILES string of the molecule is CCC(O)(CC)CNC(=O)Nc1cccn(C)c1=O. The Morgan fingerprint density at radius 1 is 1.42 bits per heavy atom. The molecule has 0 aromatic carbocycles. The largest absolute Gasteiger partial charge is 0.388 e. The second kappa shape index (κ2) is 6.38. The third-order valence-electron chi connectivity index (χ3n) is 3.27. The zero-order valence-electron chi connectivity index (χ0n) is 11.6. The third kappa shape index (κ3) is 4.10. The molecule has 19 heavy (non-hydrogen) atoms. The minimum atomic E-state index is -0.904. The lowest BCUT2D eigenvalue weighted by molar-refractivity contribution is 0.0354. The predicted molar refractivity (Wildman–Crippen MR) is 74.2 cm³/mol. The molecule has 106 valence electrons. The highest BCUT2D eigenvalue weighted by molar-refractivity contribution is 5.88. The van der Waals surface area contributed by atoms with Gasteiger partial charge in [0, 0.05) is 19.8 Å². The number of anilines is 1. The van der Waals surface area contributed by atoms with Gasteiger partial charge in [-0.2, -0.15) is 0 Å². The number of aromatic nitrogens is 1. The predicted octanol–water partition coefficient (Wildman–Crippen LogP) is 1.06. The number of pyridine rings is 1. The quantitative estimate of drug-likeness (QED) is 0.746. The van der Waals surface area contributed by atoms with Crippen molar-refractivity contribution in [3.8, 4) is 0 Å². The van der Waals surface area contributed by atoms with Crippen LogP contribution in [0.15, 0.2) is 23.1 Å². The smallest absolute Gasteiger partial charge is 0.319 e. The lowest BCUT2D eigenvalue weighted by Gasteiger charge is -2.25. The van der Waals surface area contributed by atoms with E-state index in [0.717, 1.165) is 0 Å². The highest BCUT2D eigenvalue weighted by Gasteiger charge is 2.22. The van der Waals surface area contributed by atoms with Crippen molar-refractivity contribution in [2.75, 3.05) is 11.9 Å². The molecule has 0 radical (unpaired) electrons. The van der Waals surface area contributed by atoms with Crippen LogP contribution in [0, 0.1) is 0 Å². The Balaban J connectivity index is 2.62. The van der Waals surface area contributed by atoms with Crippen molar-refractivity contribution in [1.29, 1.82) is 0 Å². The lowest BCUT2D eigenvalue weighted by atomic mass is 9.98. The molecular weight excluding hydrogens is 246 g/mol. The molecule has 0 bridgehead atoms. The average molecular weight is 267 g/mol. The van der Waals surface area contributed by atoms with Gasteiger partial charge in [-0.15, -0.1) is 0 Å². The zero-order chi connectivity index (χ0) is 14.5. The van der Waals surface area contributed by atoms with E-state index in [1.165, 1.54) is 10.6 Å². The molecule has 0 aliphatic rings. The molecule has 3 N–H and O–H groups in total. The fourth-order valence-electron chi connectivity index (χ4n) is 1.60. The molecule has 1 heterocycles. The Hall–Kier alpha value is -1.82. The van der Waals surface area contributed by atoms with Crippen molar-refractivity contribution < 1.29 is 9.90 Å². The molecule has 6 heteroatoms. The van der Waals surface area contributed by atoms with Gasteiger partial charge in [-0.25, -0.2) is 4.79 Å². The zero-order valence-corrected chi connectivity index (χ0v) is 11.6. The van der Waals surface area contributed by atoms with Crippen molar-refractivity contribution >= 4 is 11.7 Å². The first-order valence-corrected chi connectivity index (χ1v) is 6.34. The third-order valence-corrected chi connectivity index (χ3v) is 3.27. The second-order valence-electron chi connectivity index (χ2n) is 4.58. The van der Waals surface area contributed by atoms with E-state index >= 15 is 0 Å². The topological polar surface area (TPSA) is 83.4 Å². The van der Waals surface area contributed by atoms with Crippen LogP contribution in [0.5, 0.6) is 0 Å². The molecule has 0 aliphatic carbocycles. The molecule has 0 unspecified atom stereocenters. The van der Waals surface area contributed by atoms with E-state index in [-0.39, 0.29) is 17.8 Å². The van der Waals surface area contributed by atoms with Crippen LogP contribution in [0.1, 0.15) is 26.7 Å². The summed E-state index contributed by atoms with van der Waals surface area (Å²) < 4.78 is 1.38. The molecule has 0 saturated carbocycles. The van der Waals surface area contributed by atoms with E-state index in [9.17, 15) is 14.7 Å². The number of carbonyl (C=O) groups is 1. The Kier molecular flexibility index (Phi) is 5.11. The molecular formula is C13H21N3O3. The van der Waals surface area contributed by atoms with Crippen LogP contribution in [0.3, 0.4) is 0 Å². The monoisotopic (exact) mass is 267 g/mol. The number of amides is 2. The fourth-order valence-corrected chi connectivity index (χ4v) is 1.60. The number of urea groups is 1. The molecule has 0 aliphatic heterocycles. The Labute approximate surface area is 112 Å². The van der Waals surface area contributed by atoms with E-state index in [4.69, 9.17) is 0 Å². The van der Waals surface area contributed by atoms with Crippen LogP contribution in [0.2, 0.25) is 0 Å². The molecule has 0 fully saturated rings. The summed E-state index contributed by atoms with van der Waals surface area (Å²) in [5.41, 5.74) is -0.975. The van der Waals surface area contributed by atoms with Crippen molar-refractivity contribution in [3.05, 3.63) is 28.7 Å². The summed E-state index contributed by atoms with van der Waals surface area (Å²) in [4.78, 5) is 23.4. The first-order valence-electron chi connectivity index (χ1n) is 6.34. The number of aliphatic hydroxyl groups is 1. The van der Waals surface area contributed by atoms with Crippen molar-refractivity contribution in [1.82, 2.24) is 9.88 Å². The Morgan fingerprint density at radius 2 is 2.05 bits per heavy atom. The minimum absolute atomic E-state index is 0.152. The Morgan fingerprint density at radius 3 is 2.63 bits per heavy atom. The van der Waals surface area contributed by atoms with E-state index in [1.54, 1.807) is 19.3 Å². The summed E-state index contributed by atoms with van der Waals surface area (Å²) in [6.45, 7) is 3.87. The lowest BCUT2D eigenvalue weighted by Crippen LogP contribution is -2.44. The highest BCUT2D eigenvalue weighted by Crippen LogP contribution is 2.12. The highest BCUT2D eigenvalue weighted by atomic mass is 16.3. The van der Waals surface area contributed by atoms with E-state index in [0.29, 0.717) is 12.8 Å². The van der Waals surface area contributed by atoms with Gasteiger partial charge >= 0.3 is 6.03 Å². The van der Waals surface area contributed by atoms with Gasteiger partial charge in [0.1, 0.15) is 5.69 Å². The van der Waals surface area contributed by atoms with Gasteiger partial charge in [-0.3, -0.25) is 4.79 Å². The number of nitrogens with one attached hydrogen (secondary N) is 2. The number of carbonyl (C=O) groups excluding carboxylic acids is 1. The number of rotatable bonds is 5. The molecule has 0 saturated heterocycles. The first kappa shape index (κ1) is 15.2. The summed E-state index contributed by atoms with van der Waals surface area (Å²) >= 11 is 0. The first-order chi connectivity index (χ1) is 8.91. The maximum atomic E-state index is 11.7. The normalized spacial score (nSPS) is 11.2. The molecule has 1 aromatic rings. The molecule has 0 atom stereocenters. The summed E-state index contributed by atoms with van der Waals surface area (Å²) in [5.74, 6) is 0. The van der Waals surface area contributed by atoms with Gasteiger partial charge in [0.05, 0.1) is 5.60 Å². The summed E-state index contributed by atoms with van der Waals surface area (Å²) in [7, 11) is 1.61. The van der Waals surface area contributed by atoms with Gasteiger partial charge in [0.15, 0.2) is 0 Å². The van der Waals surface area contributed by atoms with Gasteiger partial charge in [0.25, 0.3) is 5.56 Å². The standard InChI is InChI=1S/C13H21N3O3/c1-4-13(19,5-2)9-14-12(18)15-10-7-6-8-16(3)11(10)17/h6-8,19H,4-5,9H2,1-3H3,(H2,14,15,18). The van der Waals surface area contributed by atoms with Crippen LogP contribution in [-0.2, 0) is 7.05 Å². The van der Waals surface area contributed by atoms with Crippen LogP contribution in [-0.4, -0.2) is 27.9 Å². The van der Waals surface area contributed by atoms with E-state index < -0.39 is 11.6 Å². The van der Waals surface area contributed by atoms with Crippen LogP contribution < -0.4 is 16.2 Å². The minimum Gasteiger partial charge on any atom is -0.388 e. The molecule has 1 aromatic heterocycles. The van der Waals surface area contributed by atoms with Gasteiger partial charge in [-0.1, -0.05) is 13.8 Å². The molecule has 1 rings (SSSR count). The average Bonchev–Trinajstić information content (AvgIpc) is 2.41. The summed E-state index contributed by atoms with van der Waals surface area (Å²) in [5, 5.41) is 15.1. The summed E-state index contributed by atoms with van der Waals surface area (Å²) in [6.07, 6.45) is 2.71.